The molecule has 1 aliphatic carbocycles. The SMILES string of the molecule is CCONC(=O)C1CSC(C2CCCCC2)N1C(=O)c1ccc(C)cc1. The molecule has 5 nitrogen and oxygen atoms in total. The second kappa shape index (κ2) is 8.91. The number of nitrogens with zero attached hydrogens (tertiary/aromatic N) is 1. The topological polar surface area (TPSA) is 58.6 Å². The first kappa shape index (κ1) is 19.2. The molecule has 2 amide bonds. The van der Waals surface area contributed by atoms with Crippen LogP contribution in [0, 0.1) is 12.8 Å². The fourth-order valence-electron chi connectivity index (χ4n) is 3.83. The third kappa shape index (κ3) is 4.23. The molecule has 0 spiro atoms. The van der Waals surface area contributed by atoms with Crippen molar-refractivity contribution >= 4 is 23.6 Å². The maximum atomic E-state index is 13.3. The highest BCUT2D eigenvalue weighted by Crippen LogP contribution is 2.41. The second-order valence-electron chi connectivity index (χ2n) is 7.12. The average Bonchev–Trinajstić information content (AvgIpc) is 3.12. The first-order chi connectivity index (χ1) is 12.6. The molecule has 142 valence electrons. The van der Waals surface area contributed by atoms with E-state index in [4.69, 9.17) is 4.84 Å². The Kier molecular flexibility index (Phi) is 6.59. The fourth-order valence-corrected chi connectivity index (χ4v) is 5.46. The molecular formula is C20H28N2O3S. The lowest BCUT2D eigenvalue weighted by molar-refractivity contribution is -0.137. The van der Waals surface area contributed by atoms with Gasteiger partial charge in [0.15, 0.2) is 0 Å². The lowest BCUT2D eigenvalue weighted by Crippen LogP contribution is -2.51. The van der Waals surface area contributed by atoms with E-state index in [0.29, 0.717) is 23.8 Å². The zero-order valence-electron chi connectivity index (χ0n) is 15.6. The number of hydrogen-bond donors (Lipinski definition) is 1. The van der Waals surface area contributed by atoms with Crippen molar-refractivity contribution in [1.29, 1.82) is 0 Å². The van der Waals surface area contributed by atoms with Crippen LogP contribution in [0.3, 0.4) is 0 Å². The summed E-state index contributed by atoms with van der Waals surface area (Å²) in [6.45, 7) is 4.23. The van der Waals surface area contributed by atoms with E-state index in [1.807, 2.05) is 43.0 Å². The summed E-state index contributed by atoms with van der Waals surface area (Å²) < 4.78 is 0. The number of nitrogens with one attached hydrogen (secondary N) is 1. The van der Waals surface area contributed by atoms with Gasteiger partial charge in [-0.1, -0.05) is 37.0 Å². The lowest BCUT2D eigenvalue weighted by atomic mass is 9.88. The molecule has 0 aromatic heterocycles. The minimum Gasteiger partial charge on any atom is -0.313 e. The molecule has 1 saturated heterocycles. The van der Waals surface area contributed by atoms with Crippen LogP contribution < -0.4 is 5.48 Å². The van der Waals surface area contributed by atoms with Crippen LogP contribution in [0.15, 0.2) is 24.3 Å². The molecule has 0 bridgehead atoms. The highest BCUT2D eigenvalue weighted by Gasteiger charge is 2.45. The number of amides is 2. The van der Waals surface area contributed by atoms with E-state index in [9.17, 15) is 9.59 Å². The van der Waals surface area contributed by atoms with Crippen molar-refractivity contribution in [1.82, 2.24) is 10.4 Å². The highest BCUT2D eigenvalue weighted by atomic mass is 32.2. The van der Waals surface area contributed by atoms with Gasteiger partial charge >= 0.3 is 0 Å². The molecule has 1 aliphatic heterocycles. The molecular weight excluding hydrogens is 348 g/mol. The number of hydroxylamine groups is 1. The Morgan fingerprint density at radius 1 is 1.19 bits per heavy atom. The van der Waals surface area contributed by atoms with Gasteiger partial charge in [-0.2, -0.15) is 0 Å². The number of hydrogen-bond acceptors (Lipinski definition) is 4. The summed E-state index contributed by atoms with van der Waals surface area (Å²) in [5.41, 5.74) is 4.26. The van der Waals surface area contributed by atoms with E-state index < -0.39 is 6.04 Å². The highest BCUT2D eigenvalue weighted by molar-refractivity contribution is 8.00. The zero-order valence-corrected chi connectivity index (χ0v) is 16.4. The van der Waals surface area contributed by atoms with Crippen LogP contribution in [-0.2, 0) is 9.63 Å². The third-order valence-electron chi connectivity index (χ3n) is 5.24. The van der Waals surface area contributed by atoms with Gasteiger partial charge in [0.25, 0.3) is 11.8 Å². The molecule has 1 saturated carbocycles. The van der Waals surface area contributed by atoms with Gasteiger partial charge in [-0.15, -0.1) is 11.8 Å². The van der Waals surface area contributed by atoms with Crippen molar-refractivity contribution in [2.75, 3.05) is 12.4 Å². The van der Waals surface area contributed by atoms with Crippen LogP contribution in [0.2, 0.25) is 0 Å². The largest absolute Gasteiger partial charge is 0.313 e. The van der Waals surface area contributed by atoms with Gasteiger partial charge in [0.05, 0.1) is 12.0 Å². The molecule has 1 aromatic carbocycles. The smallest absolute Gasteiger partial charge is 0.267 e. The van der Waals surface area contributed by atoms with Gasteiger partial charge in [0.1, 0.15) is 6.04 Å². The summed E-state index contributed by atoms with van der Waals surface area (Å²) in [5, 5.41) is 0.0708. The average molecular weight is 377 g/mol. The lowest BCUT2D eigenvalue weighted by Gasteiger charge is -2.35. The Morgan fingerprint density at radius 3 is 2.54 bits per heavy atom. The molecule has 2 atom stereocenters. The summed E-state index contributed by atoms with van der Waals surface area (Å²) >= 11 is 1.74. The third-order valence-corrected chi connectivity index (χ3v) is 6.70. The fraction of sp³-hybridized carbons (Fsp3) is 0.600. The van der Waals surface area contributed by atoms with Crippen LogP contribution in [0.4, 0.5) is 0 Å². The van der Waals surface area contributed by atoms with Gasteiger partial charge < -0.3 is 4.90 Å². The molecule has 3 rings (SSSR count). The zero-order chi connectivity index (χ0) is 18.5. The van der Waals surface area contributed by atoms with Gasteiger partial charge in [-0.3, -0.25) is 14.4 Å². The summed E-state index contributed by atoms with van der Waals surface area (Å²) in [5.74, 6) is 0.811. The van der Waals surface area contributed by atoms with Crippen molar-refractivity contribution in [3.63, 3.8) is 0 Å². The van der Waals surface area contributed by atoms with E-state index in [-0.39, 0.29) is 17.2 Å². The molecule has 2 aliphatic rings. The monoisotopic (exact) mass is 376 g/mol. The van der Waals surface area contributed by atoms with E-state index in [0.717, 1.165) is 18.4 Å². The number of rotatable bonds is 5. The van der Waals surface area contributed by atoms with Crippen LogP contribution in [0.1, 0.15) is 54.9 Å². The summed E-state index contributed by atoms with van der Waals surface area (Å²) in [4.78, 5) is 32.8. The van der Waals surface area contributed by atoms with Crippen LogP contribution >= 0.6 is 11.8 Å². The Morgan fingerprint density at radius 2 is 1.88 bits per heavy atom. The van der Waals surface area contributed by atoms with E-state index in [1.165, 1.54) is 19.3 Å². The molecule has 1 aromatic rings. The quantitative estimate of drug-likeness (QED) is 0.799. The number of thioether (sulfide) groups is 1. The Bertz CT molecular complexity index is 628. The predicted octanol–water partition coefficient (Wildman–Crippen LogP) is 3.53. The molecule has 1 heterocycles. The first-order valence-corrected chi connectivity index (χ1v) is 10.6. The standard InChI is InChI=1S/C20H28N2O3S/c1-3-25-21-18(23)17-13-26-20(16-7-5-4-6-8-16)22(17)19(24)15-11-9-14(2)10-12-15/h9-12,16-17,20H,3-8,13H2,1-2H3,(H,21,23). The van der Waals surface area contributed by atoms with Gasteiger partial charge in [-0.25, -0.2) is 5.48 Å². The maximum Gasteiger partial charge on any atom is 0.267 e. The Hall–Kier alpha value is -1.53. The number of carbonyl (C=O) groups is 2. The van der Waals surface area contributed by atoms with Gasteiger partial charge in [0.2, 0.25) is 0 Å². The van der Waals surface area contributed by atoms with E-state index in [2.05, 4.69) is 5.48 Å². The minimum atomic E-state index is -0.479. The Balaban J connectivity index is 1.84. The van der Waals surface area contributed by atoms with Crippen LogP contribution in [-0.4, -0.2) is 40.5 Å². The van der Waals surface area contributed by atoms with Gasteiger partial charge in [-0.05, 0) is 44.7 Å². The predicted molar refractivity (Wildman–Crippen MR) is 104 cm³/mol. The van der Waals surface area contributed by atoms with E-state index in [1.54, 1.807) is 11.8 Å². The van der Waals surface area contributed by atoms with Crippen molar-refractivity contribution in [2.24, 2.45) is 5.92 Å². The molecule has 6 heteroatoms. The molecule has 26 heavy (non-hydrogen) atoms. The number of benzene rings is 1. The van der Waals surface area contributed by atoms with E-state index >= 15 is 0 Å². The van der Waals surface area contributed by atoms with Crippen LogP contribution in [0.25, 0.3) is 0 Å². The molecule has 1 N–H and O–H groups in total. The maximum absolute atomic E-state index is 13.3. The summed E-state index contributed by atoms with van der Waals surface area (Å²) in [6.07, 6.45) is 5.96. The molecule has 0 radical (unpaired) electrons. The normalized spacial score (nSPS) is 23.8. The second-order valence-corrected chi connectivity index (χ2v) is 8.27. The summed E-state index contributed by atoms with van der Waals surface area (Å²) in [7, 11) is 0. The first-order valence-electron chi connectivity index (χ1n) is 9.54. The molecule has 2 unspecified atom stereocenters. The van der Waals surface area contributed by atoms with Crippen molar-refractivity contribution < 1.29 is 14.4 Å². The minimum absolute atomic E-state index is 0.0535. The van der Waals surface area contributed by atoms with Crippen molar-refractivity contribution in [3.8, 4) is 0 Å². The van der Waals surface area contributed by atoms with Crippen LogP contribution in [0.5, 0.6) is 0 Å². The van der Waals surface area contributed by atoms with Gasteiger partial charge in [0, 0.05) is 11.3 Å². The Labute approximate surface area is 159 Å². The summed E-state index contributed by atoms with van der Waals surface area (Å²) in [6, 6.07) is 7.13. The number of aryl methyl sites for hydroxylation is 1. The number of carbonyl (C=O) groups excluding carboxylic acids is 2. The van der Waals surface area contributed by atoms with Crippen molar-refractivity contribution in [3.05, 3.63) is 35.4 Å². The molecule has 2 fully saturated rings. The van der Waals surface area contributed by atoms with Crippen molar-refractivity contribution in [2.45, 2.75) is 57.4 Å².